The standard InChI is InChI=1S/C23H20FNO5S2/c24-17-6-8-18(9-7-17)32(28,29)25-11-12-31-22-19-4-2-1-3-16(19)14-30-21-10-5-15(23(26)27)13-20(21)22/h1-10,13,22,25H,11-12,14H2,(H,26,27). The molecule has 0 radical (unpaired) electrons. The molecular formula is C23H20FNO5S2. The molecule has 3 aromatic carbocycles. The summed E-state index contributed by atoms with van der Waals surface area (Å²) in [5.41, 5.74) is 2.89. The third-order valence-electron chi connectivity index (χ3n) is 5.06. The van der Waals surface area contributed by atoms with Gasteiger partial charge < -0.3 is 9.84 Å². The van der Waals surface area contributed by atoms with Crippen LogP contribution in [0.15, 0.2) is 71.6 Å². The summed E-state index contributed by atoms with van der Waals surface area (Å²) in [7, 11) is -3.76. The first-order valence-electron chi connectivity index (χ1n) is 9.80. The van der Waals surface area contributed by atoms with Gasteiger partial charge in [-0.25, -0.2) is 22.3 Å². The van der Waals surface area contributed by atoms with Crippen LogP contribution in [0.3, 0.4) is 0 Å². The first kappa shape index (κ1) is 22.3. The molecule has 0 fully saturated rings. The van der Waals surface area contributed by atoms with Crippen LogP contribution in [0.2, 0.25) is 0 Å². The van der Waals surface area contributed by atoms with Crippen LogP contribution >= 0.6 is 11.8 Å². The molecule has 1 unspecified atom stereocenters. The number of thioether (sulfide) groups is 1. The third kappa shape index (κ3) is 4.79. The zero-order valence-corrected chi connectivity index (χ0v) is 18.5. The molecule has 1 heterocycles. The van der Waals surface area contributed by atoms with Crippen molar-refractivity contribution in [1.82, 2.24) is 4.72 Å². The van der Waals surface area contributed by atoms with Gasteiger partial charge in [-0.1, -0.05) is 24.3 Å². The summed E-state index contributed by atoms with van der Waals surface area (Å²) in [5.74, 6) is -0.499. The molecule has 0 aromatic heterocycles. The number of rotatable bonds is 7. The molecule has 4 rings (SSSR count). The Hall–Kier alpha value is -2.88. The van der Waals surface area contributed by atoms with Crippen LogP contribution in [0.25, 0.3) is 0 Å². The largest absolute Gasteiger partial charge is 0.489 e. The smallest absolute Gasteiger partial charge is 0.335 e. The van der Waals surface area contributed by atoms with Crippen molar-refractivity contribution in [1.29, 1.82) is 0 Å². The van der Waals surface area contributed by atoms with Crippen molar-refractivity contribution in [2.45, 2.75) is 16.8 Å². The van der Waals surface area contributed by atoms with Crippen molar-refractivity contribution < 1.29 is 27.4 Å². The van der Waals surface area contributed by atoms with Gasteiger partial charge in [-0.2, -0.15) is 0 Å². The Labute approximate surface area is 189 Å². The van der Waals surface area contributed by atoms with Gasteiger partial charge in [0.25, 0.3) is 0 Å². The van der Waals surface area contributed by atoms with Crippen LogP contribution in [0, 0.1) is 5.82 Å². The van der Waals surface area contributed by atoms with Gasteiger partial charge in [0, 0.05) is 17.9 Å². The van der Waals surface area contributed by atoms with Crippen molar-refractivity contribution in [2.75, 3.05) is 12.3 Å². The molecule has 9 heteroatoms. The summed E-state index contributed by atoms with van der Waals surface area (Å²) in [6.45, 7) is 0.516. The molecule has 2 N–H and O–H groups in total. The van der Waals surface area contributed by atoms with Crippen LogP contribution < -0.4 is 9.46 Å². The molecule has 166 valence electrons. The van der Waals surface area contributed by atoms with E-state index in [9.17, 15) is 22.7 Å². The van der Waals surface area contributed by atoms with Gasteiger partial charge in [-0.05, 0) is 53.6 Å². The highest BCUT2D eigenvalue weighted by molar-refractivity contribution is 7.99. The van der Waals surface area contributed by atoms with Crippen molar-refractivity contribution >= 4 is 27.8 Å². The van der Waals surface area contributed by atoms with Gasteiger partial charge in [0.05, 0.1) is 15.7 Å². The maximum atomic E-state index is 13.1. The van der Waals surface area contributed by atoms with Crippen LogP contribution in [0.4, 0.5) is 4.39 Å². The van der Waals surface area contributed by atoms with Crippen LogP contribution in [0.1, 0.15) is 32.3 Å². The maximum Gasteiger partial charge on any atom is 0.335 e. The van der Waals surface area contributed by atoms with Crippen LogP contribution in [-0.4, -0.2) is 31.8 Å². The first-order chi connectivity index (χ1) is 15.3. The number of halogens is 1. The van der Waals surface area contributed by atoms with E-state index in [1.807, 2.05) is 24.3 Å². The van der Waals surface area contributed by atoms with E-state index < -0.39 is 21.8 Å². The number of ether oxygens (including phenoxy) is 1. The molecule has 1 aliphatic heterocycles. The highest BCUT2D eigenvalue weighted by atomic mass is 32.2. The normalized spacial score (nSPS) is 15.2. The predicted octanol–water partition coefficient (Wildman–Crippen LogP) is 4.22. The molecular weight excluding hydrogens is 453 g/mol. The molecule has 0 bridgehead atoms. The fourth-order valence-corrected chi connectivity index (χ4v) is 5.88. The Balaban J connectivity index is 1.54. The molecule has 0 saturated carbocycles. The summed E-state index contributed by atoms with van der Waals surface area (Å²) >= 11 is 1.49. The molecule has 32 heavy (non-hydrogen) atoms. The molecule has 0 saturated heterocycles. The van der Waals surface area contributed by atoms with Gasteiger partial charge in [-0.3, -0.25) is 0 Å². The highest BCUT2D eigenvalue weighted by Gasteiger charge is 2.26. The van der Waals surface area contributed by atoms with Crippen molar-refractivity contribution in [2.24, 2.45) is 0 Å². The number of carbonyl (C=O) groups is 1. The number of fused-ring (bicyclic) bond motifs is 2. The lowest BCUT2D eigenvalue weighted by Gasteiger charge is -2.19. The number of carboxylic acids is 1. The second-order valence-electron chi connectivity index (χ2n) is 7.15. The van der Waals surface area contributed by atoms with Gasteiger partial charge in [-0.15, -0.1) is 11.8 Å². The number of benzene rings is 3. The average molecular weight is 474 g/mol. The van der Waals surface area contributed by atoms with Gasteiger partial charge in [0.2, 0.25) is 10.0 Å². The summed E-state index contributed by atoms with van der Waals surface area (Å²) in [6.07, 6.45) is 0. The zero-order valence-electron chi connectivity index (χ0n) is 16.8. The topological polar surface area (TPSA) is 92.7 Å². The monoisotopic (exact) mass is 473 g/mol. The molecule has 0 spiro atoms. The second-order valence-corrected chi connectivity index (χ2v) is 10.1. The van der Waals surface area contributed by atoms with E-state index in [0.29, 0.717) is 18.1 Å². The minimum absolute atomic E-state index is 0.00597. The Bertz CT molecular complexity index is 1250. The van der Waals surface area contributed by atoms with Gasteiger partial charge >= 0.3 is 5.97 Å². The molecule has 1 atom stereocenters. The number of hydrogen-bond donors (Lipinski definition) is 2. The lowest BCUT2D eigenvalue weighted by molar-refractivity contribution is 0.0696. The number of hydrogen-bond acceptors (Lipinski definition) is 5. The molecule has 1 aliphatic rings. The van der Waals surface area contributed by atoms with Crippen LogP contribution in [0.5, 0.6) is 5.75 Å². The Kier molecular flexibility index (Phi) is 6.50. The van der Waals surface area contributed by atoms with Crippen molar-refractivity contribution in [3.8, 4) is 5.75 Å². The Morgan fingerprint density at radius 2 is 1.84 bits per heavy atom. The summed E-state index contributed by atoms with van der Waals surface area (Å²) in [4.78, 5) is 11.5. The highest BCUT2D eigenvalue weighted by Crippen LogP contribution is 2.44. The maximum absolute atomic E-state index is 13.1. The fraction of sp³-hybridized carbons (Fsp3) is 0.174. The number of sulfonamides is 1. The molecule has 3 aromatic rings. The fourth-order valence-electron chi connectivity index (χ4n) is 3.49. The second kappa shape index (κ2) is 9.32. The number of aromatic carboxylic acids is 1. The Morgan fingerprint density at radius 3 is 2.59 bits per heavy atom. The molecule has 0 aliphatic carbocycles. The summed E-state index contributed by atoms with van der Waals surface area (Å²) in [5, 5.41) is 9.20. The molecule has 6 nitrogen and oxygen atoms in total. The SMILES string of the molecule is O=C(O)c1ccc2c(c1)C(SCCNS(=O)(=O)c1ccc(F)cc1)c1ccccc1CO2. The van der Waals surface area contributed by atoms with E-state index in [0.717, 1.165) is 28.8 Å². The zero-order chi connectivity index (χ0) is 22.7. The lowest BCUT2D eigenvalue weighted by Crippen LogP contribution is -2.26. The van der Waals surface area contributed by atoms with Gasteiger partial charge in [0.15, 0.2) is 0 Å². The van der Waals surface area contributed by atoms with Crippen molar-refractivity contribution in [3.05, 3.63) is 94.8 Å². The summed E-state index contributed by atoms with van der Waals surface area (Å²) < 4.78 is 46.4. The van der Waals surface area contributed by atoms with Crippen molar-refractivity contribution in [3.63, 3.8) is 0 Å². The third-order valence-corrected chi connectivity index (χ3v) is 7.82. The van der Waals surface area contributed by atoms with E-state index in [-0.39, 0.29) is 22.3 Å². The minimum Gasteiger partial charge on any atom is -0.489 e. The van der Waals surface area contributed by atoms with E-state index >= 15 is 0 Å². The Morgan fingerprint density at radius 1 is 1.09 bits per heavy atom. The van der Waals surface area contributed by atoms with E-state index in [1.54, 1.807) is 12.1 Å². The predicted molar refractivity (Wildman–Crippen MR) is 120 cm³/mol. The first-order valence-corrected chi connectivity index (χ1v) is 12.3. The van der Waals surface area contributed by atoms with Gasteiger partial charge in [0.1, 0.15) is 18.2 Å². The van der Waals surface area contributed by atoms with E-state index in [2.05, 4.69) is 4.72 Å². The van der Waals surface area contributed by atoms with Crippen LogP contribution in [-0.2, 0) is 16.6 Å². The number of carboxylic acid groups (broad SMARTS) is 1. The minimum atomic E-state index is -3.76. The number of nitrogens with one attached hydrogen (secondary N) is 1. The lowest BCUT2D eigenvalue weighted by atomic mass is 9.98. The quantitative estimate of drug-likeness (QED) is 0.499. The average Bonchev–Trinajstić information content (AvgIpc) is 2.93. The summed E-state index contributed by atoms with van der Waals surface area (Å²) in [6, 6.07) is 17.2. The molecule has 0 amide bonds. The van der Waals surface area contributed by atoms with E-state index in [1.165, 1.54) is 30.0 Å². The van der Waals surface area contributed by atoms with E-state index in [4.69, 9.17) is 4.74 Å².